The second kappa shape index (κ2) is 3.74. The van der Waals surface area contributed by atoms with Gasteiger partial charge in [0, 0.05) is 0 Å². The van der Waals surface area contributed by atoms with E-state index in [0.717, 1.165) is 5.56 Å². The molecule has 14 heavy (non-hydrogen) atoms. The van der Waals surface area contributed by atoms with E-state index in [1.165, 1.54) is 6.07 Å². The topological polar surface area (TPSA) is 0 Å². The summed E-state index contributed by atoms with van der Waals surface area (Å²) in [6, 6.07) is 3.10. The van der Waals surface area contributed by atoms with Gasteiger partial charge in [0.05, 0.1) is 5.02 Å². The minimum Gasteiger partial charge on any atom is -0.207 e. The molecule has 0 saturated carbocycles. The SMILES string of the molecule is C=Cc1cc(C(C)(C)C)c(F)cc1Cl. The normalized spacial score (nSPS) is 11.5. The Morgan fingerprint density at radius 2 is 1.93 bits per heavy atom. The lowest BCUT2D eigenvalue weighted by atomic mass is 9.85. The molecule has 1 aromatic rings. The van der Waals surface area contributed by atoms with Gasteiger partial charge in [0.1, 0.15) is 5.82 Å². The largest absolute Gasteiger partial charge is 0.207 e. The molecule has 0 bridgehead atoms. The van der Waals surface area contributed by atoms with Crippen LogP contribution in [0.25, 0.3) is 6.08 Å². The van der Waals surface area contributed by atoms with Crippen LogP contribution in [-0.4, -0.2) is 0 Å². The van der Waals surface area contributed by atoms with E-state index in [4.69, 9.17) is 11.6 Å². The van der Waals surface area contributed by atoms with Crippen LogP contribution in [0, 0.1) is 5.82 Å². The highest BCUT2D eigenvalue weighted by molar-refractivity contribution is 6.32. The molecule has 0 atom stereocenters. The summed E-state index contributed by atoms with van der Waals surface area (Å²) in [6.07, 6.45) is 1.64. The van der Waals surface area contributed by atoms with Gasteiger partial charge >= 0.3 is 0 Å². The molecule has 0 saturated heterocycles. The summed E-state index contributed by atoms with van der Waals surface area (Å²) < 4.78 is 13.5. The van der Waals surface area contributed by atoms with Gasteiger partial charge in [-0.2, -0.15) is 0 Å². The molecule has 1 rings (SSSR count). The second-order valence-corrected chi connectivity index (χ2v) is 4.71. The fourth-order valence-corrected chi connectivity index (χ4v) is 1.52. The van der Waals surface area contributed by atoms with Crippen molar-refractivity contribution < 1.29 is 4.39 Å². The molecule has 0 radical (unpaired) electrons. The monoisotopic (exact) mass is 212 g/mol. The molecule has 0 heterocycles. The highest BCUT2D eigenvalue weighted by atomic mass is 35.5. The highest BCUT2D eigenvalue weighted by Crippen LogP contribution is 2.30. The Bertz CT molecular complexity index is 361. The van der Waals surface area contributed by atoms with E-state index < -0.39 is 0 Å². The molecule has 0 amide bonds. The minimum atomic E-state index is -0.256. The van der Waals surface area contributed by atoms with Gasteiger partial charge in [0.25, 0.3) is 0 Å². The maximum Gasteiger partial charge on any atom is 0.128 e. The van der Waals surface area contributed by atoms with E-state index in [-0.39, 0.29) is 11.2 Å². The number of rotatable bonds is 1. The molecule has 76 valence electrons. The Kier molecular flexibility index (Phi) is 3.01. The van der Waals surface area contributed by atoms with Crippen LogP contribution in [0.15, 0.2) is 18.7 Å². The van der Waals surface area contributed by atoms with Crippen LogP contribution < -0.4 is 0 Å². The Morgan fingerprint density at radius 1 is 1.36 bits per heavy atom. The van der Waals surface area contributed by atoms with Gasteiger partial charge in [0.2, 0.25) is 0 Å². The lowest BCUT2D eigenvalue weighted by Crippen LogP contribution is -2.13. The Hall–Kier alpha value is -0.820. The zero-order valence-corrected chi connectivity index (χ0v) is 9.45. The first-order valence-electron chi connectivity index (χ1n) is 4.48. The molecular formula is C12H14ClF. The number of hydrogen-bond donors (Lipinski definition) is 0. The van der Waals surface area contributed by atoms with E-state index in [0.29, 0.717) is 10.6 Å². The minimum absolute atomic E-state index is 0.216. The molecule has 0 unspecified atom stereocenters. The van der Waals surface area contributed by atoms with Crippen molar-refractivity contribution in [2.45, 2.75) is 26.2 Å². The van der Waals surface area contributed by atoms with Crippen LogP contribution in [0.1, 0.15) is 31.9 Å². The summed E-state index contributed by atoms with van der Waals surface area (Å²) in [5.74, 6) is -0.256. The van der Waals surface area contributed by atoms with Crippen LogP contribution in [0.4, 0.5) is 4.39 Å². The summed E-state index contributed by atoms with van der Waals surface area (Å²) in [5, 5.41) is 0.408. The van der Waals surface area contributed by atoms with Crippen LogP contribution in [-0.2, 0) is 5.41 Å². The van der Waals surface area contributed by atoms with Gasteiger partial charge in [-0.3, -0.25) is 0 Å². The number of halogens is 2. The summed E-state index contributed by atoms with van der Waals surface area (Å²) in [6.45, 7) is 9.53. The zero-order chi connectivity index (χ0) is 10.9. The van der Waals surface area contributed by atoms with Crippen LogP contribution in [0.5, 0.6) is 0 Å². The predicted octanol–water partition coefficient (Wildman–Crippen LogP) is 4.42. The second-order valence-electron chi connectivity index (χ2n) is 4.31. The average Bonchev–Trinajstić information content (AvgIpc) is 2.02. The molecule has 0 N–H and O–H groups in total. The first-order chi connectivity index (χ1) is 6.36. The van der Waals surface area contributed by atoms with Crippen molar-refractivity contribution in [1.29, 1.82) is 0 Å². The summed E-state index contributed by atoms with van der Waals surface area (Å²) in [5.41, 5.74) is 1.22. The van der Waals surface area contributed by atoms with E-state index in [9.17, 15) is 4.39 Å². The summed E-state index contributed by atoms with van der Waals surface area (Å²) in [4.78, 5) is 0. The van der Waals surface area contributed by atoms with Gasteiger partial charge in [-0.25, -0.2) is 4.39 Å². The predicted molar refractivity (Wildman–Crippen MR) is 60.2 cm³/mol. The van der Waals surface area contributed by atoms with E-state index >= 15 is 0 Å². The van der Waals surface area contributed by atoms with Gasteiger partial charge in [-0.05, 0) is 28.7 Å². The third kappa shape index (κ3) is 2.16. The molecule has 0 aliphatic rings. The van der Waals surface area contributed by atoms with Crippen molar-refractivity contribution in [3.05, 3.63) is 40.7 Å². The van der Waals surface area contributed by atoms with Crippen molar-refractivity contribution in [3.8, 4) is 0 Å². The first kappa shape index (κ1) is 11.3. The molecule has 0 spiro atoms. The Balaban J connectivity index is 3.39. The van der Waals surface area contributed by atoms with Crippen LogP contribution in [0.3, 0.4) is 0 Å². The first-order valence-corrected chi connectivity index (χ1v) is 4.86. The Labute approximate surface area is 89.4 Å². The molecular weight excluding hydrogens is 199 g/mol. The Morgan fingerprint density at radius 3 is 2.36 bits per heavy atom. The number of benzene rings is 1. The smallest absolute Gasteiger partial charge is 0.128 e. The van der Waals surface area contributed by atoms with Gasteiger partial charge in [-0.1, -0.05) is 45.0 Å². The van der Waals surface area contributed by atoms with Crippen molar-refractivity contribution in [3.63, 3.8) is 0 Å². The van der Waals surface area contributed by atoms with Crippen molar-refractivity contribution in [2.24, 2.45) is 0 Å². The fourth-order valence-electron chi connectivity index (χ4n) is 1.30. The van der Waals surface area contributed by atoms with Crippen molar-refractivity contribution >= 4 is 17.7 Å². The van der Waals surface area contributed by atoms with E-state index in [1.54, 1.807) is 12.1 Å². The molecule has 0 aromatic heterocycles. The lowest BCUT2D eigenvalue weighted by molar-refractivity contribution is 0.523. The molecule has 0 nitrogen and oxygen atoms in total. The molecule has 0 aliphatic heterocycles. The molecule has 1 aromatic carbocycles. The highest BCUT2D eigenvalue weighted by Gasteiger charge is 2.19. The molecule has 0 fully saturated rings. The number of hydrogen-bond acceptors (Lipinski definition) is 0. The van der Waals surface area contributed by atoms with Crippen LogP contribution in [0.2, 0.25) is 5.02 Å². The lowest BCUT2D eigenvalue weighted by Gasteiger charge is -2.20. The fraction of sp³-hybridized carbons (Fsp3) is 0.333. The van der Waals surface area contributed by atoms with E-state index in [2.05, 4.69) is 6.58 Å². The van der Waals surface area contributed by atoms with Crippen molar-refractivity contribution in [1.82, 2.24) is 0 Å². The maximum absolute atomic E-state index is 13.5. The molecule has 0 aliphatic carbocycles. The average molecular weight is 213 g/mol. The summed E-state index contributed by atoms with van der Waals surface area (Å²) >= 11 is 5.84. The standard InChI is InChI=1S/C12H14ClF/c1-5-8-6-9(12(2,3)4)11(14)7-10(8)13/h5-7H,1H2,2-4H3. The maximum atomic E-state index is 13.5. The van der Waals surface area contributed by atoms with Crippen LogP contribution >= 0.6 is 11.6 Å². The third-order valence-corrected chi connectivity index (χ3v) is 2.44. The quantitative estimate of drug-likeness (QED) is 0.647. The van der Waals surface area contributed by atoms with Gasteiger partial charge < -0.3 is 0 Å². The van der Waals surface area contributed by atoms with E-state index in [1.807, 2.05) is 20.8 Å². The van der Waals surface area contributed by atoms with Crippen molar-refractivity contribution in [2.75, 3.05) is 0 Å². The van der Waals surface area contributed by atoms with Gasteiger partial charge in [-0.15, -0.1) is 0 Å². The molecule has 2 heteroatoms. The summed E-state index contributed by atoms with van der Waals surface area (Å²) in [7, 11) is 0. The zero-order valence-electron chi connectivity index (χ0n) is 8.70. The van der Waals surface area contributed by atoms with Gasteiger partial charge in [0.15, 0.2) is 0 Å². The third-order valence-electron chi connectivity index (χ3n) is 2.11.